The Morgan fingerprint density at radius 1 is 0.833 bits per heavy atom. The van der Waals surface area contributed by atoms with Crippen LogP contribution < -0.4 is 0 Å². The minimum Gasteiger partial charge on any atom is -0.481 e. The standard InChI is InChI=1S/2C6H9FO2/c2*7-3-4-1-2-5(4)6(8)9/h2*4-5H,1-3H2,(H,8,9)/t2*4-,5+/m10/s1. The van der Waals surface area contributed by atoms with Crippen molar-refractivity contribution in [1.29, 1.82) is 0 Å². The van der Waals surface area contributed by atoms with E-state index in [1.807, 2.05) is 0 Å². The molecule has 2 N–H and O–H groups in total. The van der Waals surface area contributed by atoms with Gasteiger partial charge in [-0.15, -0.1) is 0 Å². The number of aliphatic carboxylic acids is 2. The minimum atomic E-state index is -0.844. The van der Waals surface area contributed by atoms with E-state index in [0.29, 0.717) is 12.8 Å². The van der Waals surface area contributed by atoms with Gasteiger partial charge in [0.05, 0.1) is 25.2 Å². The van der Waals surface area contributed by atoms with E-state index in [0.717, 1.165) is 12.8 Å². The maximum absolute atomic E-state index is 11.8. The summed E-state index contributed by atoms with van der Waals surface area (Å²) in [6, 6.07) is 0. The van der Waals surface area contributed by atoms with Crippen molar-refractivity contribution in [3.8, 4) is 0 Å². The van der Waals surface area contributed by atoms with E-state index in [9.17, 15) is 18.4 Å². The molecule has 18 heavy (non-hydrogen) atoms. The average Bonchev–Trinajstić information content (AvgIpc) is 2.14. The number of hydrogen-bond donors (Lipinski definition) is 2. The van der Waals surface area contributed by atoms with Crippen molar-refractivity contribution in [2.45, 2.75) is 25.7 Å². The molecule has 0 heterocycles. The maximum Gasteiger partial charge on any atom is 0.306 e. The Balaban J connectivity index is 0.000000180. The van der Waals surface area contributed by atoms with Crippen molar-refractivity contribution in [3.63, 3.8) is 0 Å². The summed E-state index contributed by atoms with van der Waals surface area (Å²) in [7, 11) is 0. The molecule has 2 rings (SSSR count). The fraction of sp³-hybridized carbons (Fsp3) is 0.833. The first kappa shape index (κ1) is 14.9. The molecule has 104 valence electrons. The van der Waals surface area contributed by atoms with Gasteiger partial charge in [-0.3, -0.25) is 18.4 Å². The van der Waals surface area contributed by atoms with E-state index in [-0.39, 0.29) is 11.8 Å². The lowest BCUT2D eigenvalue weighted by Gasteiger charge is -2.30. The lowest BCUT2D eigenvalue weighted by Crippen LogP contribution is -2.33. The molecule has 0 aliphatic heterocycles. The number of carbonyl (C=O) groups is 2. The van der Waals surface area contributed by atoms with Crippen molar-refractivity contribution in [1.82, 2.24) is 0 Å². The SMILES string of the molecule is O=C(O)[C@@H]1CC[C@H]1CF.O=C(O)[C@H]1CC[C@@H]1CF. The van der Waals surface area contributed by atoms with Crippen LogP contribution in [0.5, 0.6) is 0 Å². The van der Waals surface area contributed by atoms with E-state index in [2.05, 4.69) is 0 Å². The van der Waals surface area contributed by atoms with Gasteiger partial charge in [-0.05, 0) is 25.7 Å². The molecule has 2 aliphatic carbocycles. The van der Waals surface area contributed by atoms with Crippen LogP contribution in [0.4, 0.5) is 8.78 Å². The Labute approximate surface area is 104 Å². The first-order valence-corrected chi connectivity index (χ1v) is 6.08. The van der Waals surface area contributed by atoms with Gasteiger partial charge in [0, 0.05) is 11.8 Å². The van der Waals surface area contributed by atoms with Crippen LogP contribution in [0.1, 0.15) is 25.7 Å². The lowest BCUT2D eigenvalue weighted by atomic mass is 9.74. The summed E-state index contributed by atoms with van der Waals surface area (Å²) < 4.78 is 23.6. The zero-order valence-corrected chi connectivity index (χ0v) is 10.0. The van der Waals surface area contributed by atoms with Gasteiger partial charge in [-0.2, -0.15) is 0 Å². The molecule has 4 atom stereocenters. The van der Waals surface area contributed by atoms with Crippen LogP contribution in [0.25, 0.3) is 0 Å². The summed E-state index contributed by atoms with van der Waals surface area (Å²) in [6.07, 6.45) is 2.80. The summed E-state index contributed by atoms with van der Waals surface area (Å²) in [5.74, 6) is -2.86. The van der Waals surface area contributed by atoms with E-state index in [4.69, 9.17) is 10.2 Å². The van der Waals surface area contributed by atoms with Gasteiger partial charge in [-0.1, -0.05) is 0 Å². The molecule has 0 radical (unpaired) electrons. The maximum atomic E-state index is 11.8. The zero-order chi connectivity index (χ0) is 13.7. The molecular weight excluding hydrogens is 246 g/mol. The number of halogens is 2. The Morgan fingerprint density at radius 3 is 1.22 bits per heavy atom. The lowest BCUT2D eigenvalue weighted by molar-refractivity contribution is -0.149. The highest BCUT2D eigenvalue weighted by Gasteiger charge is 2.36. The summed E-state index contributed by atoms with van der Waals surface area (Å²) in [5, 5.41) is 16.7. The van der Waals surface area contributed by atoms with Gasteiger partial charge in [0.15, 0.2) is 0 Å². The monoisotopic (exact) mass is 264 g/mol. The first-order valence-electron chi connectivity index (χ1n) is 6.08. The predicted octanol–water partition coefficient (Wildman–Crippen LogP) is 2.13. The van der Waals surface area contributed by atoms with Crippen molar-refractivity contribution < 1.29 is 28.6 Å². The van der Waals surface area contributed by atoms with Gasteiger partial charge in [-0.25, -0.2) is 0 Å². The molecule has 0 spiro atoms. The molecule has 2 saturated carbocycles. The van der Waals surface area contributed by atoms with Gasteiger partial charge in [0.2, 0.25) is 0 Å². The molecule has 6 heteroatoms. The van der Waals surface area contributed by atoms with Gasteiger partial charge in [0.1, 0.15) is 0 Å². The predicted molar refractivity (Wildman–Crippen MR) is 59.6 cm³/mol. The second-order valence-corrected chi connectivity index (χ2v) is 4.87. The number of carboxylic acid groups (broad SMARTS) is 2. The third kappa shape index (κ3) is 3.40. The van der Waals surface area contributed by atoms with Gasteiger partial charge < -0.3 is 10.2 Å². The molecule has 2 aliphatic rings. The highest BCUT2D eigenvalue weighted by Crippen LogP contribution is 2.34. The van der Waals surface area contributed by atoms with E-state index < -0.39 is 37.1 Å². The number of rotatable bonds is 4. The quantitative estimate of drug-likeness (QED) is 0.815. The smallest absolute Gasteiger partial charge is 0.306 e. The molecular formula is C12H18F2O4. The van der Waals surface area contributed by atoms with Crippen LogP contribution in [0, 0.1) is 23.7 Å². The second kappa shape index (κ2) is 6.66. The third-order valence-electron chi connectivity index (χ3n) is 3.87. The van der Waals surface area contributed by atoms with Crippen LogP contribution in [0.3, 0.4) is 0 Å². The molecule has 0 aromatic carbocycles. The van der Waals surface area contributed by atoms with E-state index in [1.54, 1.807) is 0 Å². The molecule has 0 unspecified atom stereocenters. The molecule has 2 fully saturated rings. The Bertz CT molecular complexity index is 274. The first-order chi connectivity index (χ1) is 8.51. The number of hydrogen-bond acceptors (Lipinski definition) is 2. The fourth-order valence-corrected chi connectivity index (χ4v) is 2.16. The van der Waals surface area contributed by atoms with E-state index in [1.165, 1.54) is 0 Å². The largest absolute Gasteiger partial charge is 0.481 e. The molecule has 0 amide bonds. The third-order valence-corrected chi connectivity index (χ3v) is 3.87. The minimum absolute atomic E-state index is 0.192. The van der Waals surface area contributed by atoms with Crippen LogP contribution >= 0.6 is 0 Å². The summed E-state index contributed by atoms with van der Waals surface area (Å²) in [5.41, 5.74) is 0. The van der Waals surface area contributed by atoms with Gasteiger partial charge in [0.25, 0.3) is 0 Å². The average molecular weight is 264 g/mol. The highest BCUT2D eigenvalue weighted by atomic mass is 19.1. The highest BCUT2D eigenvalue weighted by molar-refractivity contribution is 5.71. The Morgan fingerprint density at radius 2 is 1.17 bits per heavy atom. The Hall–Kier alpha value is -1.20. The zero-order valence-electron chi connectivity index (χ0n) is 10.0. The molecule has 0 aromatic heterocycles. The molecule has 0 saturated heterocycles. The van der Waals surface area contributed by atoms with Gasteiger partial charge >= 0.3 is 11.9 Å². The number of alkyl halides is 2. The van der Waals surface area contributed by atoms with Crippen molar-refractivity contribution >= 4 is 11.9 Å². The Kier molecular flexibility index (Phi) is 5.50. The molecule has 0 aromatic rings. The molecule has 4 nitrogen and oxygen atoms in total. The van der Waals surface area contributed by atoms with Crippen molar-refractivity contribution in [3.05, 3.63) is 0 Å². The van der Waals surface area contributed by atoms with Crippen LogP contribution in [-0.4, -0.2) is 35.5 Å². The second-order valence-electron chi connectivity index (χ2n) is 4.87. The topological polar surface area (TPSA) is 74.6 Å². The van der Waals surface area contributed by atoms with Crippen molar-refractivity contribution in [2.24, 2.45) is 23.7 Å². The molecule has 0 bridgehead atoms. The van der Waals surface area contributed by atoms with E-state index >= 15 is 0 Å². The summed E-state index contributed by atoms with van der Waals surface area (Å²) in [6.45, 7) is -0.950. The normalized spacial score (nSPS) is 33.4. The summed E-state index contributed by atoms with van der Waals surface area (Å²) in [4.78, 5) is 20.4. The van der Waals surface area contributed by atoms with Crippen LogP contribution in [0.15, 0.2) is 0 Å². The fourth-order valence-electron chi connectivity index (χ4n) is 2.16. The van der Waals surface area contributed by atoms with Crippen LogP contribution in [-0.2, 0) is 9.59 Å². The number of carboxylic acids is 2. The summed E-state index contributed by atoms with van der Waals surface area (Å²) >= 11 is 0. The van der Waals surface area contributed by atoms with Crippen molar-refractivity contribution in [2.75, 3.05) is 13.3 Å². The van der Waals surface area contributed by atoms with Crippen LogP contribution in [0.2, 0.25) is 0 Å².